The zero-order valence-electron chi connectivity index (χ0n) is 7.64. The number of nitrogens with zero attached hydrogens (tertiary/aromatic N) is 1. The number of nitrogens with two attached hydrogens (primary N) is 1. The van der Waals surface area contributed by atoms with Gasteiger partial charge in [-0.2, -0.15) is 5.26 Å². The Labute approximate surface area is 91.9 Å². The minimum atomic E-state index is -0.260. The van der Waals surface area contributed by atoms with E-state index in [1.165, 1.54) is 24.3 Å². The van der Waals surface area contributed by atoms with Crippen LogP contribution in [0.25, 0.3) is 6.08 Å². The first kappa shape index (κ1) is 11.0. The normalized spacial score (nSPS) is 10.7. The summed E-state index contributed by atoms with van der Waals surface area (Å²) in [4.78, 5) is -0.00920. The van der Waals surface area contributed by atoms with Crippen molar-refractivity contribution >= 4 is 23.3 Å². The van der Waals surface area contributed by atoms with E-state index < -0.39 is 0 Å². The molecule has 76 valence electrons. The van der Waals surface area contributed by atoms with Gasteiger partial charge in [0.15, 0.2) is 11.5 Å². The Kier molecular flexibility index (Phi) is 3.26. The van der Waals surface area contributed by atoms with Gasteiger partial charge in [-0.05, 0) is 23.8 Å². The van der Waals surface area contributed by atoms with Crippen LogP contribution in [0.15, 0.2) is 23.8 Å². The number of hydrogen-bond donors (Lipinski definition) is 3. The van der Waals surface area contributed by atoms with E-state index in [2.05, 4.69) is 12.2 Å². The fraction of sp³-hybridized carbons (Fsp3) is 0. The molecule has 1 aromatic carbocycles. The molecule has 0 bridgehead atoms. The van der Waals surface area contributed by atoms with Gasteiger partial charge in [-0.3, -0.25) is 0 Å². The van der Waals surface area contributed by atoms with Crippen molar-refractivity contribution in [2.45, 2.75) is 0 Å². The Morgan fingerprint density at radius 1 is 1.40 bits per heavy atom. The molecule has 4 N–H and O–H groups in total. The van der Waals surface area contributed by atoms with Crippen LogP contribution in [0.2, 0.25) is 0 Å². The lowest BCUT2D eigenvalue weighted by Crippen LogP contribution is -2.09. The monoisotopic (exact) mass is 220 g/mol. The average Bonchev–Trinajstić information content (AvgIpc) is 2.19. The van der Waals surface area contributed by atoms with Gasteiger partial charge in [-0.1, -0.05) is 18.3 Å². The molecule has 0 aliphatic carbocycles. The summed E-state index contributed by atoms with van der Waals surface area (Å²) in [5.41, 5.74) is 5.98. The molecule has 5 heteroatoms. The fourth-order valence-corrected chi connectivity index (χ4v) is 1.06. The van der Waals surface area contributed by atoms with Crippen molar-refractivity contribution in [3.63, 3.8) is 0 Å². The van der Waals surface area contributed by atoms with E-state index in [9.17, 15) is 5.11 Å². The highest BCUT2D eigenvalue weighted by molar-refractivity contribution is 7.80. The van der Waals surface area contributed by atoms with Crippen molar-refractivity contribution in [1.82, 2.24) is 0 Å². The summed E-state index contributed by atoms with van der Waals surface area (Å²) in [6.07, 6.45) is 1.43. The molecule has 0 aliphatic rings. The van der Waals surface area contributed by atoms with Crippen molar-refractivity contribution < 1.29 is 10.2 Å². The van der Waals surface area contributed by atoms with Gasteiger partial charge in [0.1, 0.15) is 11.1 Å². The third kappa shape index (κ3) is 2.69. The van der Waals surface area contributed by atoms with Crippen LogP contribution in [0, 0.1) is 11.3 Å². The van der Waals surface area contributed by atoms with E-state index in [-0.39, 0.29) is 22.1 Å². The predicted molar refractivity (Wildman–Crippen MR) is 60.1 cm³/mol. The summed E-state index contributed by atoms with van der Waals surface area (Å²) in [6.45, 7) is 0. The Hall–Kier alpha value is -2.06. The minimum absolute atomic E-state index is 0.00920. The summed E-state index contributed by atoms with van der Waals surface area (Å²) in [5.74, 6) is -0.482. The predicted octanol–water partition coefficient (Wildman–Crippen LogP) is 1.29. The van der Waals surface area contributed by atoms with Crippen LogP contribution in [-0.4, -0.2) is 15.2 Å². The summed E-state index contributed by atoms with van der Waals surface area (Å²) < 4.78 is 0. The maximum Gasteiger partial charge on any atom is 0.157 e. The van der Waals surface area contributed by atoms with Gasteiger partial charge in [0.25, 0.3) is 0 Å². The third-order valence-electron chi connectivity index (χ3n) is 1.70. The van der Waals surface area contributed by atoms with Gasteiger partial charge in [-0.15, -0.1) is 0 Å². The Bertz CT molecular complexity index is 475. The van der Waals surface area contributed by atoms with Crippen molar-refractivity contribution in [2.24, 2.45) is 5.73 Å². The second-order valence-corrected chi connectivity index (χ2v) is 3.22. The third-order valence-corrected chi connectivity index (χ3v) is 1.92. The van der Waals surface area contributed by atoms with Gasteiger partial charge in [-0.25, -0.2) is 0 Å². The number of benzene rings is 1. The highest BCUT2D eigenvalue weighted by Crippen LogP contribution is 2.25. The Balaban J connectivity index is 3.14. The number of phenolic OH excluding ortho intramolecular Hbond substituents is 2. The number of nitriles is 1. The average molecular weight is 220 g/mol. The van der Waals surface area contributed by atoms with E-state index in [1.807, 2.05) is 6.07 Å². The lowest BCUT2D eigenvalue weighted by Gasteiger charge is -1.99. The van der Waals surface area contributed by atoms with Crippen molar-refractivity contribution in [3.8, 4) is 17.6 Å². The molecule has 1 rings (SSSR count). The zero-order valence-corrected chi connectivity index (χ0v) is 8.45. The second-order valence-electron chi connectivity index (χ2n) is 2.78. The van der Waals surface area contributed by atoms with Crippen molar-refractivity contribution in [3.05, 3.63) is 29.3 Å². The first-order valence-corrected chi connectivity index (χ1v) is 4.39. The van der Waals surface area contributed by atoms with Gasteiger partial charge in [0.2, 0.25) is 0 Å². The number of phenols is 2. The van der Waals surface area contributed by atoms with Crippen LogP contribution in [0.1, 0.15) is 5.56 Å². The van der Waals surface area contributed by atoms with Crippen LogP contribution in [0.3, 0.4) is 0 Å². The van der Waals surface area contributed by atoms with Gasteiger partial charge in [0.05, 0.1) is 5.57 Å². The fourth-order valence-electron chi connectivity index (χ4n) is 0.955. The second kappa shape index (κ2) is 4.44. The Morgan fingerprint density at radius 3 is 2.53 bits per heavy atom. The van der Waals surface area contributed by atoms with E-state index in [4.69, 9.17) is 16.1 Å². The molecule has 1 aromatic rings. The number of rotatable bonds is 2. The molecule has 4 nitrogen and oxygen atoms in total. The standard InChI is InChI=1S/C10H8N2O2S/c11-5-7(10(12)15)3-6-1-2-8(13)9(14)4-6/h1-4,13-14H,(H2,12,15)/b7-3-. The lowest BCUT2D eigenvalue weighted by atomic mass is 10.1. The topological polar surface area (TPSA) is 90.3 Å². The highest BCUT2D eigenvalue weighted by Gasteiger charge is 2.02. The molecule has 0 saturated carbocycles. The minimum Gasteiger partial charge on any atom is -0.504 e. The van der Waals surface area contributed by atoms with Crippen LogP contribution in [0.4, 0.5) is 0 Å². The molecule has 0 fully saturated rings. The van der Waals surface area contributed by atoms with E-state index in [0.29, 0.717) is 5.56 Å². The largest absolute Gasteiger partial charge is 0.504 e. The summed E-state index contributed by atoms with van der Waals surface area (Å²) in [7, 11) is 0. The molecule has 0 spiro atoms. The molecule has 0 atom stereocenters. The molecule has 0 aliphatic heterocycles. The maximum absolute atomic E-state index is 9.20. The first-order valence-electron chi connectivity index (χ1n) is 3.98. The van der Waals surface area contributed by atoms with E-state index >= 15 is 0 Å². The quantitative estimate of drug-likeness (QED) is 0.302. The highest BCUT2D eigenvalue weighted by atomic mass is 32.1. The molecule has 0 aromatic heterocycles. The smallest absolute Gasteiger partial charge is 0.157 e. The van der Waals surface area contributed by atoms with Crippen LogP contribution in [-0.2, 0) is 0 Å². The zero-order chi connectivity index (χ0) is 11.4. The molecule has 0 radical (unpaired) electrons. The summed E-state index contributed by atoms with van der Waals surface area (Å²) >= 11 is 4.65. The molecule has 0 heterocycles. The van der Waals surface area contributed by atoms with Gasteiger partial charge < -0.3 is 15.9 Å². The van der Waals surface area contributed by atoms with Crippen molar-refractivity contribution in [1.29, 1.82) is 5.26 Å². The first-order chi connectivity index (χ1) is 7.04. The number of aromatic hydroxyl groups is 2. The number of thiocarbonyl (C=S) groups is 1. The molecular formula is C10H8N2O2S. The van der Waals surface area contributed by atoms with E-state index in [0.717, 1.165) is 0 Å². The molecule has 0 amide bonds. The van der Waals surface area contributed by atoms with Crippen LogP contribution >= 0.6 is 12.2 Å². The van der Waals surface area contributed by atoms with Crippen molar-refractivity contribution in [2.75, 3.05) is 0 Å². The Morgan fingerprint density at radius 2 is 2.07 bits per heavy atom. The molecule has 0 unspecified atom stereocenters. The SMILES string of the molecule is N#C/C(=C/c1ccc(O)c(O)c1)C(N)=S. The molecule has 0 saturated heterocycles. The number of hydrogen-bond acceptors (Lipinski definition) is 4. The summed E-state index contributed by atoms with van der Waals surface area (Å²) in [5, 5.41) is 26.9. The van der Waals surface area contributed by atoms with Crippen LogP contribution < -0.4 is 5.73 Å². The molecular weight excluding hydrogens is 212 g/mol. The maximum atomic E-state index is 9.20. The molecule has 15 heavy (non-hydrogen) atoms. The van der Waals surface area contributed by atoms with Crippen LogP contribution in [0.5, 0.6) is 11.5 Å². The lowest BCUT2D eigenvalue weighted by molar-refractivity contribution is 0.403. The van der Waals surface area contributed by atoms with Gasteiger partial charge >= 0.3 is 0 Å². The van der Waals surface area contributed by atoms with Gasteiger partial charge in [0, 0.05) is 0 Å². The van der Waals surface area contributed by atoms with E-state index in [1.54, 1.807) is 0 Å². The summed E-state index contributed by atoms with van der Waals surface area (Å²) in [6, 6.07) is 5.99.